The molecular weight excluding hydrogens is 558 g/mol. The molecule has 0 spiro atoms. The molecule has 9 heteroatoms. The average molecular weight is 575 g/mol. The molecule has 0 aliphatic carbocycles. The van der Waals surface area contributed by atoms with Crippen molar-refractivity contribution in [2.75, 3.05) is 11.9 Å². The van der Waals surface area contributed by atoms with Gasteiger partial charge >= 0.3 is 0 Å². The number of nitrogens with zero attached hydrogens (tertiary/aromatic N) is 1. The highest BCUT2D eigenvalue weighted by atomic mass is 127. The van der Waals surface area contributed by atoms with Crippen LogP contribution in [0.2, 0.25) is 10.0 Å². The van der Waals surface area contributed by atoms with Gasteiger partial charge in [0.05, 0.1) is 11.4 Å². The molecule has 0 fully saturated rings. The lowest BCUT2D eigenvalue weighted by Gasteiger charge is -2.22. The van der Waals surface area contributed by atoms with Gasteiger partial charge in [0.15, 0.2) is 0 Å². The molecule has 1 amide bonds. The van der Waals surface area contributed by atoms with Crippen LogP contribution in [0.5, 0.6) is 0 Å². The molecule has 156 valence electrons. The Bertz CT molecular complexity index is 1140. The summed E-state index contributed by atoms with van der Waals surface area (Å²) in [7, 11) is -3.97. The number of benzene rings is 3. The van der Waals surface area contributed by atoms with Crippen LogP contribution in [0.3, 0.4) is 0 Å². The third-order valence-electron chi connectivity index (χ3n) is 4.20. The SMILES string of the molecule is O=C(CN(Cc1ccccc1Cl)S(=O)(=O)c1ccc(Cl)cc1)Nc1ccc(I)cc1. The molecule has 0 radical (unpaired) electrons. The predicted octanol–water partition coefficient (Wildman–Crippen LogP) is 5.43. The summed E-state index contributed by atoms with van der Waals surface area (Å²) < 4.78 is 28.6. The van der Waals surface area contributed by atoms with E-state index in [1.165, 1.54) is 24.3 Å². The molecule has 30 heavy (non-hydrogen) atoms. The molecule has 0 aliphatic heterocycles. The van der Waals surface area contributed by atoms with Crippen molar-refractivity contribution in [1.29, 1.82) is 0 Å². The second kappa shape index (κ2) is 10.1. The van der Waals surface area contributed by atoms with Gasteiger partial charge < -0.3 is 5.32 Å². The zero-order valence-corrected chi connectivity index (χ0v) is 20.0. The van der Waals surface area contributed by atoms with Gasteiger partial charge in [0.2, 0.25) is 15.9 Å². The number of anilines is 1. The second-order valence-corrected chi connectivity index (χ2v) is 10.4. The van der Waals surface area contributed by atoms with Gasteiger partial charge in [-0.1, -0.05) is 41.4 Å². The molecule has 0 aliphatic rings. The summed E-state index contributed by atoms with van der Waals surface area (Å²) in [6.07, 6.45) is 0. The van der Waals surface area contributed by atoms with Gasteiger partial charge in [0.25, 0.3) is 0 Å². The van der Waals surface area contributed by atoms with Crippen LogP contribution in [0.4, 0.5) is 5.69 Å². The van der Waals surface area contributed by atoms with Crippen LogP contribution in [0, 0.1) is 3.57 Å². The van der Waals surface area contributed by atoms with Crippen molar-refractivity contribution in [1.82, 2.24) is 4.31 Å². The summed E-state index contributed by atoms with van der Waals surface area (Å²) in [6.45, 7) is -0.424. The topological polar surface area (TPSA) is 66.5 Å². The maximum absolute atomic E-state index is 13.3. The molecule has 3 rings (SSSR count). The van der Waals surface area contributed by atoms with Gasteiger partial charge in [-0.05, 0) is 82.8 Å². The minimum absolute atomic E-state index is 0.0426. The summed E-state index contributed by atoms with van der Waals surface area (Å²) in [6, 6.07) is 19.9. The van der Waals surface area contributed by atoms with Crippen LogP contribution < -0.4 is 5.32 Å². The van der Waals surface area contributed by atoms with Crippen molar-refractivity contribution in [3.63, 3.8) is 0 Å². The lowest BCUT2D eigenvalue weighted by atomic mass is 10.2. The van der Waals surface area contributed by atoms with Crippen molar-refractivity contribution in [2.45, 2.75) is 11.4 Å². The monoisotopic (exact) mass is 574 g/mol. The summed E-state index contributed by atoms with van der Waals surface area (Å²) in [5, 5.41) is 3.57. The molecule has 3 aromatic carbocycles. The lowest BCUT2D eigenvalue weighted by molar-refractivity contribution is -0.116. The Hall–Kier alpha value is -1.65. The first-order valence-corrected chi connectivity index (χ1v) is 12.1. The fourth-order valence-electron chi connectivity index (χ4n) is 2.69. The third kappa shape index (κ3) is 5.95. The van der Waals surface area contributed by atoms with E-state index in [2.05, 4.69) is 27.9 Å². The number of sulfonamides is 1. The fraction of sp³-hybridized carbons (Fsp3) is 0.0952. The molecule has 0 atom stereocenters. The van der Waals surface area contributed by atoms with E-state index in [4.69, 9.17) is 23.2 Å². The molecule has 1 N–H and O–H groups in total. The number of halogens is 3. The van der Waals surface area contributed by atoms with Crippen LogP contribution in [-0.4, -0.2) is 25.2 Å². The minimum Gasteiger partial charge on any atom is -0.325 e. The van der Waals surface area contributed by atoms with Crippen molar-refractivity contribution < 1.29 is 13.2 Å². The number of hydrogen-bond acceptors (Lipinski definition) is 3. The average Bonchev–Trinajstić information content (AvgIpc) is 2.71. The molecular formula is C21H17Cl2IN2O3S. The number of hydrogen-bond donors (Lipinski definition) is 1. The Kier molecular flexibility index (Phi) is 7.75. The summed E-state index contributed by atoms with van der Waals surface area (Å²) in [4.78, 5) is 12.7. The molecule has 0 bridgehead atoms. The molecule has 0 saturated heterocycles. The van der Waals surface area contributed by atoms with Crippen LogP contribution in [0.15, 0.2) is 77.7 Å². The van der Waals surface area contributed by atoms with E-state index < -0.39 is 15.9 Å². The number of rotatable bonds is 7. The number of carbonyl (C=O) groups is 1. The molecule has 0 unspecified atom stereocenters. The minimum atomic E-state index is -3.97. The Balaban J connectivity index is 1.88. The summed E-state index contributed by atoms with van der Waals surface area (Å²) in [5.41, 5.74) is 1.18. The Morgan fingerprint density at radius 3 is 2.20 bits per heavy atom. The van der Waals surface area contributed by atoms with Gasteiger partial charge in [-0.15, -0.1) is 0 Å². The van der Waals surface area contributed by atoms with E-state index in [0.717, 1.165) is 7.88 Å². The number of carbonyl (C=O) groups excluding carboxylic acids is 1. The molecule has 0 saturated carbocycles. The standard InChI is InChI=1S/C21H17Cl2IN2O3S/c22-16-5-11-19(12-6-16)30(28,29)26(13-15-3-1-2-4-20(15)23)14-21(27)25-18-9-7-17(24)8-10-18/h1-12H,13-14H2,(H,25,27). The highest BCUT2D eigenvalue weighted by Crippen LogP contribution is 2.23. The fourth-order valence-corrected chi connectivity index (χ4v) is 4.75. The van der Waals surface area contributed by atoms with Gasteiger partial charge in [-0.3, -0.25) is 4.79 Å². The molecule has 0 aromatic heterocycles. The first-order chi connectivity index (χ1) is 14.3. The van der Waals surface area contributed by atoms with Crippen molar-refractivity contribution in [3.05, 3.63) is 92.0 Å². The zero-order valence-electron chi connectivity index (χ0n) is 15.6. The zero-order chi connectivity index (χ0) is 21.7. The van der Waals surface area contributed by atoms with E-state index in [1.807, 2.05) is 12.1 Å². The first kappa shape index (κ1) is 23.0. The van der Waals surface area contributed by atoms with Gasteiger partial charge in [0.1, 0.15) is 0 Å². The third-order valence-corrected chi connectivity index (χ3v) is 7.35. The summed E-state index contributed by atoms with van der Waals surface area (Å²) >= 11 is 14.3. The highest BCUT2D eigenvalue weighted by molar-refractivity contribution is 14.1. The van der Waals surface area contributed by atoms with Crippen LogP contribution >= 0.6 is 45.8 Å². The lowest BCUT2D eigenvalue weighted by Crippen LogP contribution is -2.37. The Morgan fingerprint density at radius 2 is 1.57 bits per heavy atom. The van der Waals surface area contributed by atoms with Crippen molar-refractivity contribution in [2.24, 2.45) is 0 Å². The molecule has 0 heterocycles. The van der Waals surface area contributed by atoms with E-state index in [1.54, 1.807) is 36.4 Å². The highest BCUT2D eigenvalue weighted by Gasteiger charge is 2.27. The van der Waals surface area contributed by atoms with Gasteiger partial charge in [-0.25, -0.2) is 8.42 Å². The van der Waals surface area contributed by atoms with Gasteiger partial charge in [0, 0.05) is 25.8 Å². The van der Waals surface area contributed by atoms with E-state index in [0.29, 0.717) is 21.3 Å². The second-order valence-electron chi connectivity index (χ2n) is 6.37. The smallest absolute Gasteiger partial charge is 0.243 e. The number of amides is 1. The van der Waals surface area contributed by atoms with Crippen LogP contribution in [0.25, 0.3) is 0 Å². The molecule has 5 nitrogen and oxygen atoms in total. The van der Waals surface area contributed by atoms with Crippen molar-refractivity contribution >= 4 is 67.4 Å². The first-order valence-electron chi connectivity index (χ1n) is 8.80. The Labute approximate surface area is 199 Å². The van der Waals surface area contributed by atoms with E-state index >= 15 is 0 Å². The van der Waals surface area contributed by atoms with Crippen LogP contribution in [-0.2, 0) is 21.4 Å². The largest absolute Gasteiger partial charge is 0.325 e. The maximum atomic E-state index is 13.3. The van der Waals surface area contributed by atoms with E-state index in [9.17, 15) is 13.2 Å². The quantitative estimate of drug-likeness (QED) is 0.383. The Morgan fingerprint density at radius 1 is 0.933 bits per heavy atom. The van der Waals surface area contributed by atoms with E-state index in [-0.39, 0.29) is 18.0 Å². The normalized spacial score (nSPS) is 11.5. The van der Waals surface area contributed by atoms with Crippen LogP contribution in [0.1, 0.15) is 5.56 Å². The summed E-state index contributed by atoms with van der Waals surface area (Å²) in [5.74, 6) is -0.458. The predicted molar refractivity (Wildman–Crippen MR) is 128 cm³/mol. The van der Waals surface area contributed by atoms with Crippen molar-refractivity contribution in [3.8, 4) is 0 Å². The maximum Gasteiger partial charge on any atom is 0.243 e. The number of nitrogens with one attached hydrogen (secondary N) is 1. The molecule has 3 aromatic rings. The van der Waals surface area contributed by atoms with Gasteiger partial charge in [-0.2, -0.15) is 4.31 Å².